The van der Waals surface area contributed by atoms with Gasteiger partial charge < -0.3 is 10.0 Å². The molecular weight excluding hydrogens is 326 g/mol. The minimum absolute atomic E-state index is 0.0171. The summed E-state index contributed by atoms with van der Waals surface area (Å²) in [7, 11) is 0. The molecular formula is C18H21NO4S. The average molecular weight is 347 g/mol. The number of carbonyl (C=O) groups is 3. The van der Waals surface area contributed by atoms with Crippen molar-refractivity contribution in [2.45, 2.75) is 43.4 Å². The van der Waals surface area contributed by atoms with E-state index >= 15 is 0 Å². The summed E-state index contributed by atoms with van der Waals surface area (Å²) < 4.78 is 0. The number of aliphatic carboxylic acids is 1. The zero-order valence-electron chi connectivity index (χ0n) is 13.4. The second-order valence-corrected chi connectivity index (χ2v) is 7.59. The first kappa shape index (κ1) is 17.0. The summed E-state index contributed by atoms with van der Waals surface area (Å²) in [5, 5.41) is 9.21. The van der Waals surface area contributed by atoms with Crippen molar-refractivity contribution in [1.29, 1.82) is 0 Å². The van der Waals surface area contributed by atoms with Gasteiger partial charge in [-0.15, -0.1) is 0 Å². The summed E-state index contributed by atoms with van der Waals surface area (Å²) in [6.45, 7) is 0.510. The lowest BCUT2D eigenvalue weighted by Gasteiger charge is -2.27. The minimum Gasteiger partial charge on any atom is -0.480 e. The number of hydrogen-bond donors (Lipinski definition) is 1. The molecule has 5 nitrogen and oxygen atoms in total. The highest BCUT2D eigenvalue weighted by atomic mass is 32.2. The molecule has 0 spiro atoms. The molecule has 0 aromatic heterocycles. The Balaban J connectivity index is 1.68. The lowest BCUT2D eigenvalue weighted by atomic mass is 10.1. The van der Waals surface area contributed by atoms with Gasteiger partial charge in [0.05, 0.1) is 5.92 Å². The Morgan fingerprint density at radius 2 is 1.79 bits per heavy atom. The fraction of sp³-hybridized carbons (Fsp3) is 0.500. The van der Waals surface area contributed by atoms with Gasteiger partial charge in [0.25, 0.3) is 0 Å². The third-order valence-corrected chi connectivity index (χ3v) is 6.18. The molecule has 1 saturated heterocycles. The van der Waals surface area contributed by atoms with Crippen molar-refractivity contribution in [1.82, 2.24) is 4.90 Å². The zero-order valence-corrected chi connectivity index (χ0v) is 14.2. The lowest BCUT2D eigenvalue weighted by Crippen LogP contribution is -2.44. The Bertz CT molecular complexity index is 633. The third-order valence-electron chi connectivity index (χ3n) is 4.86. The van der Waals surface area contributed by atoms with Crippen LogP contribution in [0.5, 0.6) is 0 Å². The van der Waals surface area contributed by atoms with E-state index in [9.17, 15) is 19.5 Å². The summed E-state index contributed by atoms with van der Waals surface area (Å²) in [6.07, 6.45) is 3.72. The van der Waals surface area contributed by atoms with Crippen molar-refractivity contribution in [3.8, 4) is 0 Å². The number of carboxylic acid groups (broad SMARTS) is 1. The number of carboxylic acids is 1. The van der Waals surface area contributed by atoms with Crippen LogP contribution in [-0.4, -0.2) is 44.8 Å². The van der Waals surface area contributed by atoms with Gasteiger partial charge in [-0.05, 0) is 25.7 Å². The number of benzene rings is 1. The van der Waals surface area contributed by atoms with Crippen LogP contribution in [0, 0.1) is 5.92 Å². The van der Waals surface area contributed by atoms with Gasteiger partial charge in [-0.25, -0.2) is 4.79 Å². The molecule has 2 fully saturated rings. The highest BCUT2D eigenvalue weighted by Crippen LogP contribution is 2.38. The summed E-state index contributed by atoms with van der Waals surface area (Å²) in [4.78, 5) is 38.1. The Morgan fingerprint density at radius 1 is 1.04 bits per heavy atom. The third kappa shape index (κ3) is 3.48. The monoisotopic (exact) mass is 347 g/mol. The average Bonchev–Trinajstić information content (AvgIpc) is 3.24. The Morgan fingerprint density at radius 3 is 2.50 bits per heavy atom. The van der Waals surface area contributed by atoms with Crippen molar-refractivity contribution in [2.24, 2.45) is 5.92 Å². The SMILES string of the molecule is O=C(S[C@@H]1CCC[C@H]1C(=O)N1CCC[C@H]1C(=O)O)c1ccccc1. The first-order chi connectivity index (χ1) is 11.6. The Hall–Kier alpha value is -1.82. The normalized spacial score (nSPS) is 26.5. The summed E-state index contributed by atoms with van der Waals surface area (Å²) in [6, 6.07) is 8.38. The van der Waals surface area contributed by atoms with Crippen molar-refractivity contribution >= 4 is 28.8 Å². The maximum absolute atomic E-state index is 12.8. The highest BCUT2D eigenvalue weighted by Gasteiger charge is 2.42. The van der Waals surface area contributed by atoms with Crippen LogP contribution >= 0.6 is 11.8 Å². The quantitative estimate of drug-likeness (QED) is 0.906. The number of rotatable bonds is 4. The van der Waals surface area contributed by atoms with Crippen LogP contribution in [0.1, 0.15) is 42.5 Å². The fourth-order valence-corrected chi connectivity index (χ4v) is 4.88. The van der Waals surface area contributed by atoms with Crippen molar-refractivity contribution < 1.29 is 19.5 Å². The van der Waals surface area contributed by atoms with Crippen molar-refractivity contribution in [3.63, 3.8) is 0 Å². The fourth-order valence-electron chi connectivity index (χ4n) is 3.63. The van der Waals surface area contributed by atoms with E-state index in [1.54, 1.807) is 12.1 Å². The van der Waals surface area contributed by atoms with E-state index in [1.807, 2.05) is 18.2 Å². The molecule has 1 aliphatic carbocycles. The molecule has 6 heteroatoms. The van der Waals surface area contributed by atoms with Crippen LogP contribution in [0.15, 0.2) is 30.3 Å². The van der Waals surface area contributed by atoms with Gasteiger partial charge in [0, 0.05) is 17.4 Å². The van der Waals surface area contributed by atoms with Crippen LogP contribution < -0.4 is 0 Å². The van der Waals surface area contributed by atoms with Crippen LogP contribution in [-0.2, 0) is 9.59 Å². The van der Waals surface area contributed by atoms with Gasteiger partial charge in [0.15, 0.2) is 0 Å². The summed E-state index contributed by atoms with van der Waals surface area (Å²) in [5.74, 6) is -1.26. The van der Waals surface area contributed by atoms with Crippen LogP contribution in [0.3, 0.4) is 0 Å². The maximum Gasteiger partial charge on any atom is 0.326 e. The topological polar surface area (TPSA) is 74.7 Å². The molecule has 3 atom stereocenters. The molecule has 1 saturated carbocycles. The summed E-state index contributed by atoms with van der Waals surface area (Å²) >= 11 is 1.23. The van der Waals surface area contributed by atoms with Crippen molar-refractivity contribution in [2.75, 3.05) is 6.54 Å². The second kappa shape index (κ2) is 7.38. The molecule has 1 aliphatic heterocycles. The molecule has 24 heavy (non-hydrogen) atoms. The van der Waals surface area contributed by atoms with E-state index in [1.165, 1.54) is 16.7 Å². The van der Waals surface area contributed by atoms with E-state index in [-0.39, 0.29) is 22.2 Å². The summed E-state index contributed by atoms with van der Waals surface area (Å²) in [5.41, 5.74) is 0.644. The molecule has 2 aliphatic rings. The maximum atomic E-state index is 12.8. The lowest BCUT2D eigenvalue weighted by molar-refractivity contribution is -0.149. The first-order valence-corrected chi connectivity index (χ1v) is 9.25. The molecule has 1 amide bonds. The molecule has 1 N–H and O–H groups in total. The van der Waals surface area contributed by atoms with Crippen LogP contribution in [0.25, 0.3) is 0 Å². The van der Waals surface area contributed by atoms with Gasteiger partial charge in [0.1, 0.15) is 6.04 Å². The van der Waals surface area contributed by atoms with E-state index in [0.717, 1.165) is 25.7 Å². The number of carbonyl (C=O) groups excluding carboxylic acids is 2. The van der Waals surface area contributed by atoms with Gasteiger partial charge in [-0.2, -0.15) is 0 Å². The number of hydrogen-bond acceptors (Lipinski definition) is 4. The Labute approximate surface area is 145 Å². The number of nitrogens with zero attached hydrogens (tertiary/aromatic N) is 1. The van der Waals surface area contributed by atoms with Gasteiger partial charge >= 0.3 is 5.97 Å². The van der Waals surface area contributed by atoms with Crippen LogP contribution in [0.2, 0.25) is 0 Å². The largest absolute Gasteiger partial charge is 0.480 e. The standard InChI is InChI=1S/C18H21NO4S/c20-16(19-11-5-9-14(19)17(21)22)13-8-4-10-15(13)24-18(23)12-6-2-1-3-7-12/h1-3,6-7,13-15H,4-5,8-11H2,(H,21,22)/t13-,14+,15-/m1/s1. The smallest absolute Gasteiger partial charge is 0.326 e. The molecule has 0 unspecified atom stereocenters. The number of thioether (sulfide) groups is 1. The first-order valence-electron chi connectivity index (χ1n) is 8.37. The van der Waals surface area contributed by atoms with E-state index in [4.69, 9.17) is 0 Å². The molecule has 1 aromatic carbocycles. The molecule has 128 valence electrons. The molecule has 3 rings (SSSR count). The van der Waals surface area contributed by atoms with E-state index < -0.39 is 12.0 Å². The minimum atomic E-state index is -0.927. The zero-order chi connectivity index (χ0) is 17.1. The predicted molar refractivity (Wildman–Crippen MR) is 91.9 cm³/mol. The number of likely N-dealkylation sites (tertiary alicyclic amines) is 1. The highest BCUT2D eigenvalue weighted by molar-refractivity contribution is 8.14. The molecule has 1 aromatic rings. The second-order valence-electron chi connectivity index (χ2n) is 6.38. The van der Waals surface area contributed by atoms with Crippen molar-refractivity contribution in [3.05, 3.63) is 35.9 Å². The van der Waals surface area contributed by atoms with E-state index in [0.29, 0.717) is 18.5 Å². The molecule has 0 bridgehead atoms. The van der Waals surface area contributed by atoms with Gasteiger partial charge in [-0.3, -0.25) is 9.59 Å². The van der Waals surface area contributed by atoms with Gasteiger partial charge in [0.2, 0.25) is 11.0 Å². The predicted octanol–water partition coefficient (Wildman–Crippen LogP) is 2.80. The van der Waals surface area contributed by atoms with E-state index in [2.05, 4.69) is 0 Å². The number of amides is 1. The molecule has 1 heterocycles. The van der Waals surface area contributed by atoms with Gasteiger partial charge in [-0.1, -0.05) is 48.5 Å². The molecule has 0 radical (unpaired) electrons. The van der Waals surface area contributed by atoms with Crippen LogP contribution in [0.4, 0.5) is 0 Å². The Kier molecular flexibility index (Phi) is 5.23.